The second-order valence-electron chi connectivity index (χ2n) is 5.34. The molecule has 20 heavy (non-hydrogen) atoms. The molecule has 112 valence electrons. The van der Waals surface area contributed by atoms with Gasteiger partial charge in [0.1, 0.15) is 5.75 Å². The van der Waals surface area contributed by atoms with Gasteiger partial charge in [0.25, 0.3) is 0 Å². The van der Waals surface area contributed by atoms with Gasteiger partial charge in [-0.15, -0.1) is 0 Å². The summed E-state index contributed by atoms with van der Waals surface area (Å²) in [5.41, 5.74) is 2.58. The molecule has 1 aromatic carbocycles. The molecule has 2 atom stereocenters. The maximum absolute atomic E-state index is 5.96. The number of hydrogen-bond acceptors (Lipinski definition) is 3. The van der Waals surface area contributed by atoms with E-state index in [2.05, 4.69) is 37.4 Å². The van der Waals surface area contributed by atoms with Gasteiger partial charge in [-0.3, -0.25) is 0 Å². The smallest absolute Gasteiger partial charge is 0.127 e. The zero-order chi connectivity index (χ0) is 14.4. The minimum Gasteiger partial charge on any atom is -0.493 e. The first-order valence-electron chi connectivity index (χ1n) is 7.85. The van der Waals surface area contributed by atoms with E-state index in [0.717, 1.165) is 44.6 Å². The van der Waals surface area contributed by atoms with Crippen LogP contribution in [-0.2, 0) is 11.2 Å². The summed E-state index contributed by atoms with van der Waals surface area (Å²) < 4.78 is 11.9. The van der Waals surface area contributed by atoms with Gasteiger partial charge in [-0.25, -0.2) is 0 Å². The predicted octanol–water partition coefficient (Wildman–Crippen LogP) is 3.48. The highest BCUT2D eigenvalue weighted by Crippen LogP contribution is 2.35. The summed E-state index contributed by atoms with van der Waals surface area (Å²) in [7, 11) is 2.01. The van der Waals surface area contributed by atoms with Crippen LogP contribution in [0.15, 0.2) is 18.2 Å². The number of rotatable bonds is 7. The van der Waals surface area contributed by atoms with Gasteiger partial charge < -0.3 is 14.8 Å². The van der Waals surface area contributed by atoms with Gasteiger partial charge in [-0.2, -0.15) is 0 Å². The van der Waals surface area contributed by atoms with Gasteiger partial charge in [0.05, 0.1) is 18.8 Å². The number of para-hydroxylation sites is 1. The number of aryl methyl sites for hydroxylation is 1. The lowest BCUT2D eigenvalue weighted by molar-refractivity contribution is 0.0287. The van der Waals surface area contributed by atoms with Gasteiger partial charge in [0, 0.05) is 12.2 Å². The van der Waals surface area contributed by atoms with E-state index < -0.39 is 0 Å². The van der Waals surface area contributed by atoms with Gasteiger partial charge in [-0.1, -0.05) is 31.5 Å². The van der Waals surface area contributed by atoms with Crippen LogP contribution >= 0.6 is 0 Å². The van der Waals surface area contributed by atoms with Crippen molar-refractivity contribution in [2.24, 2.45) is 0 Å². The quantitative estimate of drug-likeness (QED) is 0.827. The summed E-state index contributed by atoms with van der Waals surface area (Å²) in [6.07, 6.45) is 4.62. The SMILES string of the molecule is CCCC(OCC)C(NC)c1cccc2c1OCCC2. The molecular weight excluding hydrogens is 250 g/mol. The van der Waals surface area contributed by atoms with Crippen molar-refractivity contribution in [2.75, 3.05) is 20.3 Å². The fourth-order valence-electron chi connectivity index (χ4n) is 3.05. The summed E-state index contributed by atoms with van der Waals surface area (Å²) in [6.45, 7) is 5.84. The average Bonchev–Trinajstić information content (AvgIpc) is 2.49. The van der Waals surface area contributed by atoms with E-state index in [1.54, 1.807) is 0 Å². The van der Waals surface area contributed by atoms with Crippen LogP contribution in [0.5, 0.6) is 5.75 Å². The zero-order valence-electron chi connectivity index (χ0n) is 12.9. The maximum Gasteiger partial charge on any atom is 0.127 e. The molecule has 0 aliphatic carbocycles. The molecular formula is C17H27NO2. The lowest BCUT2D eigenvalue weighted by atomic mass is 9.93. The van der Waals surface area contributed by atoms with E-state index in [0.29, 0.717) is 0 Å². The van der Waals surface area contributed by atoms with Gasteiger partial charge in [0.15, 0.2) is 0 Å². The molecule has 1 N–H and O–H groups in total. The predicted molar refractivity (Wildman–Crippen MR) is 82.4 cm³/mol. The average molecular weight is 277 g/mol. The summed E-state index contributed by atoms with van der Waals surface area (Å²) in [5, 5.41) is 3.43. The minimum atomic E-state index is 0.197. The highest BCUT2D eigenvalue weighted by Gasteiger charge is 2.26. The Morgan fingerprint density at radius 1 is 1.35 bits per heavy atom. The number of fused-ring (bicyclic) bond motifs is 1. The fourth-order valence-corrected chi connectivity index (χ4v) is 3.05. The first-order valence-corrected chi connectivity index (χ1v) is 7.85. The Balaban J connectivity index is 2.30. The number of hydrogen-bond donors (Lipinski definition) is 1. The topological polar surface area (TPSA) is 30.5 Å². The molecule has 2 rings (SSSR count). The van der Waals surface area contributed by atoms with Crippen LogP contribution in [0.4, 0.5) is 0 Å². The van der Waals surface area contributed by atoms with Gasteiger partial charge in [0.2, 0.25) is 0 Å². The second-order valence-corrected chi connectivity index (χ2v) is 5.34. The third kappa shape index (κ3) is 3.33. The van der Waals surface area contributed by atoms with Gasteiger partial charge in [-0.05, 0) is 38.8 Å². The van der Waals surface area contributed by atoms with E-state index >= 15 is 0 Å². The summed E-state index contributed by atoms with van der Waals surface area (Å²) in [5.74, 6) is 1.08. The van der Waals surface area contributed by atoms with Crippen LogP contribution in [0, 0.1) is 0 Å². The molecule has 1 aromatic rings. The van der Waals surface area contributed by atoms with Crippen LogP contribution in [0.1, 0.15) is 50.3 Å². The molecule has 0 amide bonds. The molecule has 0 saturated carbocycles. The molecule has 0 aromatic heterocycles. The Bertz CT molecular complexity index is 413. The standard InChI is InChI=1S/C17H27NO2/c1-4-8-15(19-5-2)16(18-3)14-11-6-9-13-10-7-12-20-17(13)14/h6,9,11,15-16,18H,4-5,7-8,10,12H2,1-3H3. The van der Waals surface area contributed by atoms with Gasteiger partial charge >= 0.3 is 0 Å². The summed E-state index contributed by atoms with van der Waals surface area (Å²) in [4.78, 5) is 0. The summed E-state index contributed by atoms with van der Waals surface area (Å²) in [6, 6.07) is 6.69. The first kappa shape index (κ1) is 15.3. The van der Waals surface area contributed by atoms with E-state index in [4.69, 9.17) is 9.47 Å². The Morgan fingerprint density at radius 2 is 2.20 bits per heavy atom. The monoisotopic (exact) mass is 277 g/mol. The lowest BCUT2D eigenvalue weighted by Gasteiger charge is -2.30. The van der Waals surface area contributed by atoms with E-state index in [9.17, 15) is 0 Å². The normalized spacial score (nSPS) is 17.1. The highest BCUT2D eigenvalue weighted by atomic mass is 16.5. The van der Waals surface area contributed by atoms with Crippen LogP contribution < -0.4 is 10.1 Å². The van der Waals surface area contributed by atoms with Crippen LogP contribution in [0.2, 0.25) is 0 Å². The van der Waals surface area contributed by atoms with E-state index in [1.807, 2.05) is 7.05 Å². The minimum absolute atomic E-state index is 0.197. The van der Waals surface area contributed by atoms with E-state index in [-0.39, 0.29) is 12.1 Å². The number of ether oxygens (including phenoxy) is 2. The lowest BCUT2D eigenvalue weighted by Crippen LogP contribution is -2.32. The van der Waals surface area contributed by atoms with Crippen molar-refractivity contribution >= 4 is 0 Å². The number of likely N-dealkylation sites (N-methyl/N-ethyl adjacent to an activating group) is 1. The van der Waals surface area contributed by atoms with Crippen LogP contribution in [0.25, 0.3) is 0 Å². The molecule has 0 saturated heterocycles. The molecule has 3 nitrogen and oxygen atoms in total. The van der Waals surface area contributed by atoms with Crippen LogP contribution in [0.3, 0.4) is 0 Å². The van der Waals surface area contributed by atoms with Crippen molar-refractivity contribution < 1.29 is 9.47 Å². The van der Waals surface area contributed by atoms with Crippen molar-refractivity contribution in [2.45, 2.75) is 51.7 Å². The highest BCUT2D eigenvalue weighted by molar-refractivity contribution is 5.45. The van der Waals surface area contributed by atoms with Crippen molar-refractivity contribution in [3.63, 3.8) is 0 Å². The van der Waals surface area contributed by atoms with Crippen molar-refractivity contribution in [1.82, 2.24) is 5.32 Å². The van der Waals surface area contributed by atoms with Crippen molar-refractivity contribution in [3.8, 4) is 5.75 Å². The Morgan fingerprint density at radius 3 is 2.90 bits per heavy atom. The Hall–Kier alpha value is -1.06. The fraction of sp³-hybridized carbons (Fsp3) is 0.647. The van der Waals surface area contributed by atoms with E-state index in [1.165, 1.54) is 11.1 Å². The molecule has 1 aliphatic heterocycles. The molecule has 0 bridgehead atoms. The molecule has 0 spiro atoms. The summed E-state index contributed by atoms with van der Waals surface area (Å²) >= 11 is 0. The molecule has 3 heteroatoms. The molecule has 1 aliphatic rings. The third-order valence-electron chi connectivity index (χ3n) is 3.94. The molecule has 1 heterocycles. The Kier molecular flexibility index (Phi) is 5.86. The maximum atomic E-state index is 5.96. The molecule has 2 unspecified atom stereocenters. The zero-order valence-corrected chi connectivity index (χ0v) is 12.9. The van der Waals surface area contributed by atoms with Crippen molar-refractivity contribution in [3.05, 3.63) is 29.3 Å². The Labute approximate surface area is 122 Å². The third-order valence-corrected chi connectivity index (χ3v) is 3.94. The van der Waals surface area contributed by atoms with Crippen LogP contribution in [-0.4, -0.2) is 26.4 Å². The molecule has 0 fully saturated rings. The number of nitrogens with one attached hydrogen (secondary N) is 1. The van der Waals surface area contributed by atoms with Crippen molar-refractivity contribution in [1.29, 1.82) is 0 Å². The molecule has 0 radical (unpaired) electrons. The second kappa shape index (κ2) is 7.65. The largest absolute Gasteiger partial charge is 0.493 e. The first-order chi connectivity index (χ1) is 9.81. The number of benzene rings is 1.